The summed E-state index contributed by atoms with van der Waals surface area (Å²) in [5.41, 5.74) is 0.736. The molecule has 3 aromatic rings. The van der Waals surface area contributed by atoms with Crippen LogP contribution in [0.25, 0.3) is 11.3 Å². The summed E-state index contributed by atoms with van der Waals surface area (Å²) in [5, 5.41) is 6.33. The number of nitrogens with zero attached hydrogens (tertiary/aromatic N) is 2. The van der Waals surface area contributed by atoms with E-state index in [2.05, 4.69) is 15.5 Å². The number of rotatable bonds is 3. The fourth-order valence-corrected chi connectivity index (χ4v) is 1.96. The van der Waals surface area contributed by atoms with Crippen LogP contribution in [0.4, 0.5) is 10.1 Å². The smallest absolute Gasteiger partial charge is 0.277 e. The van der Waals surface area contributed by atoms with Crippen molar-refractivity contribution >= 4 is 23.2 Å². The standard InChI is InChI=1S/C15H9ClFN3O2/c16-10-3-4-12(11(17)6-10)19-15(21)13-7-14(22-20-13)9-2-1-5-18-8-9/h1-8H,(H,19,21). The van der Waals surface area contributed by atoms with Gasteiger partial charge in [-0.2, -0.15) is 0 Å². The van der Waals surface area contributed by atoms with Gasteiger partial charge in [0.05, 0.1) is 5.69 Å². The number of benzene rings is 1. The van der Waals surface area contributed by atoms with Gasteiger partial charge in [0.15, 0.2) is 11.5 Å². The first kappa shape index (κ1) is 14.2. The molecule has 0 radical (unpaired) electrons. The molecule has 0 saturated heterocycles. The molecule has 110 valence electrons. The summed E-state index contributed by atoms with van der Waals surface area (Å²) in [4.78, 5) is 16.0. The largest absolute Gasteiger partial charge is 0.355 e. The molecule has 0 aliphatic rings. The highest BCUT2D eigenvalue weighted by atomic mass is 35.5. The summed E-state index contributed by atoms with van der Waals surface area (Å²) in [5.74, 6) is -0.813. The van der Waals surface area contributed by atoms with Crippen LogP contribution in [-0.4, -0.2) is 16.0 Å². The molecular formula is C15H9ClFN3O2. The van der Waals surface area contributed by atoms with Gasteiger partial charge in [-0.25, -0.2) is 4.39 Å². The monoisotopic (exact) mass is 317 g/mol. The molecule has 3 rings (SSSR count). The number of aromatic nitrogens is 2. The first-order valence-corrected chi connectivity index (χ1v) is 6.65. The fourth-order valence-electron chi connectivity index (χ4n) is 1.80. The summed E-state index contributed by atoms with van der Waals surface area (Å²) >= 11 is 5.66. The average Bonchev–Trinajstić information content (AvgIpc) is 3.01. The Morgan fingerprint density at radius 1 is 1.27 bits per heavy atom. The van der Waals surface area contributed by atoms with Crippen molar-refractivity contribution in [1.29, 1.82) is 0 Å². The van der Waals surface area contributed by atoms with E-state index in [1.165, 1.54) is 18.2 Å². The minimum absolute atomic E-state index is 0.0142. The van der Waals surface area contributed by atoms with Crippen LogP contribution in [0.15, 0.2) is 53.3 Å². The topological polar surface area (TPSA) is 68.0 Å². The number of halogens is 2. The normalized spacial score (nSPS) is 10.5. The molecule has 1 amide bonds. The Morgan fingerprint density at radius 2 is 2.14 bits per heavy atom. The van der Waals surface area contributed by atoms with Gasteiger partial charge in [-0.3, -0.25) is 9.78 Å². The minimum Gasteiger partial charge on any atom is -0.355 e. The maximum Gasteiger partial charge on any atom is 0.277 e. The Balaban J connectivity index is 1.80. The van der Waals surface area contributed by atoms with E-state index in [-0.39, 0.29) is 16.4 Å². The van der Waals surface area contributed by atoms with Crippen molar-refractivity contribution < 1.29 is 13.7 Å². The lowest BCUT2D eigenvalue weighted by atomic mass is 10.2. The Hall–Kier alpha value is -2.73. The number of nitrogens with one attached hydrogen (secondary N) is 1. The van der Waals surface area contributed by atoms with E-state index in [1.54, 1.807) is 24.5 Å². The van der Waals surface area contributed by atoms with Crippen LogP contribution in [0.3, 0.4) is 0 Å². The fraction of sp³-hybridized carbons (Fsp3) is 0. The molecule has 22 heavy (non-hydrogen) atoms. The molecule has 0 aliphatic carbocycles. The molecule has 0 atom stereocenters. The van der Waals surface area contributed by atoms with E-state index in [1.807, 2.05) is 0 Å². The molecular weight excluding hydrogens is 309 g/mol. The molecule has 0 spiro atoms. The average molecular weight is 318 g/mol. The minimum atomic E-state index is -0.628. The number of anilines is 1. The maximum atomic E-state index is 13.6. The van der Waals surface area contributed by atoms with E-state index < -0.39 is 11.7 Å². The zero-order chi connectivity index (χ0) is 15.5. The van der Waals surface area contributed by atoms with Gasteiger partial charge in [0.25, 0.3) is 5.91 Å². The number of carbonyl (C=O) groups excluding carboxylic acids is 1. The van der Waals surface area contributed by atoms with E-state index in [0.717, 1.165) is 6.07 Å². The zero-order valence-corrected chi connectivity index (χ0v) is 11.8. The number of hydrogen-bond donors (Lipinski definition) is 1. The predicted octanol–water partition coefficient (Wildman–Crippen LogP) is 3.78. The highest BCUT2D eigenvalue weighted by molar-refractivity contribution is 6.30. The molecule has 0 saturated carbocycles. The third-order valence-electron chi connectivity index (χ3n) is 2.87. The molecule has 0 fully saturated rings. The highest BCUT2D eigenvalue weighted by Crippen LogP contribution is 2.21. The van der Waals surface area contributed by atoms with Crippen LogP contribution < -0.4 is 5.32 Å². The van der Waals surface area contributed by atoms with Crippen LogP contribution in [0.1, 0.15) is 10.5 Å². The second-order valence-corrected chi connectivity index (χ2v) is 4.83. The number of pyridine rings is 1. The van der Waals surface area contributed by atoms with E-state index in [0.29, 0.717) is 11.3 Å². The second kappa shape index (κ2) is 5.95. The van der Waals surface area contributed by atoms with Gasteiger partial charge < -0.3 is 9.84 Å². The second-order valence-electron chi connectivity index (χ2n) is 4.40. The summed E-state index contributed by atoms with van der Waals surface area (Å²) in [6.07, 6.45) is 3.21. The highest BCUT2D eigenvalue weighted by Gasteiger charge is 2.15. The van der Waals surface area contributed by atoms with E-state index in [9.17, 15) is 9.18 Å². The predicted molar refractivity (Wildman–Crippen MR) is 79.1 cm³/mol. The molecule has 5 nitrogen and oxygen atoms in total. The lowest BCUT2D eigenvalue weighted by molar-refractivity contribution is 0.101. The molecule has 7 heteroatoms. The summed E-state index contributed by atoms with van der Waals surface area (Å²) < 4.78 is 18.7. The van der Waals surface area contributed by atoms with Crippen LogP contribution >= 0.6 is 11.6 Å². The van der Waals surface area contributed by atoms with Gasteiger partial charge in [-0.15, -0.1) is 0 Å². The van der Waals surface area contributed by atoms with Crippen molar-refractivity contribution in [3.63, 3.8) is 0 Å². The van der Waals surface area contributed by atoms with Crippen molar-refractivity contribution in [3.8, 4) is 11.3 Å². The van der Waals surface area contributed by atoms with Crippen LogP contribution in [0, 0.1) is 5.82 Å². The van der Waals surface area contributed by atoms with Gasteiger partial charge in [0, 0.05) is 29.0 Å². The summed E-state index contributed by atoms with van der Waals surface area (Å²) in [7, 11) is 0. The van der Waals surface area contributed by atoms with Crippen molar-refractivity contribution in [2.24, 2.45) is 0 Å². The van der Waals surface area contributed by atoms with Gasteiger partial charge in [0.2, 0.25) is 0 Å². The van der Waals surface area contributed by atoms with Crippen LogP contribution in [0.2, 0.25) is 5.02 Å². The van der Waals surface area contributed by atoms with Crippen molar-refractivity contribution in [2.45, 2.75) is 0 Å². The van der Waals surface area contributed by atoms with Crippen LogP contribution in [-0.2, 0) is 0 Å². The third-order valence-corrected chi connectivity index (χ3v) is 3.10. The first-order valence-electron chi connectivity index (χ1n) is 6.27. The zero-order valence-electron chi connectivity index (χ0n) is 11.1. The molecule has 0 aliphatic heterocycles. The SMILES string of the molecule is O=C(Nc1ccc(Cl)cc1F)c1cc(-c2cccnc2)on1. The Kier molecular flexibility index (Phi) is 3.84. The van der Waals surface area contributed by atoms with Gasteiger partial charge in [-0.1, -0.05) is 16.8 Å². The Labute approximate surface area is 129 Å². The van der Waals surface area contributed by atoms with Crippen LogP contribution in [0.5, 0.6) is 0 Å². The number of amides is 1. The first-order chi connectivity index (χ1) is 10.6. The summed E-state index contributed by atoms with van der Waals surface area (Å²) in [6, 6.07) is 8.93. The Morgan fingerprint density at radius 3 is 2.86 bits per heavy atom. The van der Waals surface area contributed by atoms with E-state index >= 15 is 0 Å². The quantitative estimate of drug-likeness (QED) is 0.798. The number of hydrogen-bond acceptors (Lipinski definition) is 4. The van der Waals surface area contributed by atoms with Crippen molar-refractivity contribution in [1.82, 2.24) is 10.1 Å². The Bertz CT molecular complexity index is 821. The lowest BCUT2D eigenvalue weighted by Gasteiger charge is -2.04. The maximum absolute atomic E-state index is 13.6. The molecule has 0 bridgehead atoms. The van der Waals surface area contributed by atoms with E-state index in [4.69, 9.17) is 16.1 Å². The van der Waals surface area contributed by atoms with Crippen molar-refractivity contribution in [2.75, 3.05) is 5.32 Å². The summed E-state index contributed by atoms with van der Waals surface area (Å²) in [6.45, 7) is 0. The molecule has 1 N–H and O–H groups in total. The van der Waals surface area contributed by atoms with Gasteiger partial charge >= 0.3 is 0 Å². The number of carbonyl (C=O) groups is 1. The molecule has 2 aromatic heterocycles. The van der Waals surface area contributed by atoms with Gasteiger partial charge in [-0.05, 0) is 30.3 Å². The third kappa shape index (κ3) is 2.96. The molecule has 2 heterocycles. The van der Waals surface area contributed by atoms with Gasteiger partial charge in [0.1, 0.15) is 5.82 Å². The molecule has 1 aromatic carbocycles. The lowest BCUT2D eigenvalue weighted by Crippen LogP contribution is -2.13. The van der Waals surface area contributed by atoms with Crippen molar-refractivity contribution in [3.05, 3.63) is 65.3 Å². The molecule has 0 unspecified atom stereocenters.